The van der Waals surface area contributed by atoms with Crippen LogP contribution >= 0.6 is 0 Å². The molecular formula is C17H21N3O3S. The summed E-state index contributed by atoms with van der Waals surface area (Å²) in [5.41, 5.74) is 0.747. The van der Waals surface area contributed by atoms with Crippen molar-refractivity contribution in [2.45, 2.75) is 38.1 Å². The van der Waals surface area contributed by atoms with E-state index in [0.29, 0.717) is 5.69 Å². The number of nitrogens with one attached hydrogen (secondary N) is 2. The summed E-state index contributed by atoms with van der Waals surface area (Å²) in [7, 11) is -3.92. The second-order valence-corrected chi connectivity index (χ2v) is 8.15. The molecule has 0 unspecified atom stereocenters. The lowest BCUT2D eigenvalue weighted by molar-refractivity contribution is 0.0916. The van der Waals surface area contributed by atoms with Crippen LogP contribution < -0.4 is 10.0 Å². The van der Waals surface area contributed by atoms with E-state index in [1.54, 1.807) is 31.3 Å². The van der Waals surface area contributed by atoms with Gasteiger partial charge >= 0.3 is 0 Å². The summed E-state index contributed by atoms with van der Waals surface area (Å²) in [6.07, 6.45) is 3.02. The number of amides is 1. The number of sulfonamides is 1. The SMILES string of the molecule is Cc1ccncc1NS(=O)(=O)c1ccccc1C(=O)NC(C)(C)C. The number of aromatic nitrogens is 1. The maximum absolute atomic E-state index is 12.7. The van der Waals surface area contributed by atoms with E-state index in [1.807, 2.05) is 20.8 Å². The molecule has 0 aliphatic heterocycles. The Hall–Kier alpha value is -2.41. The number of benzene rings is 1. The number of carbonyl (C=O) groups excluding carboxylic acids is 1. The summed E-state index contributed by atoms with van der Waals surface area (Å²) < 4.78 is 27.9. The van der Waals surface area contributed by atoms with Crippen molar-refractivity contribution in [2.75, 3.05) is 4.72 Å². The molecule has 0 aliphatic rings. The highest BCUT2D eigenvalue weighted by atomic mass is 32.2. The van der Waals surface area contributed by atoms with Crippen molar-refractivity contribution in [3.63, 3.8) is 0 Å². The number of pyridine rings is 1. The van der Waals surface area contributed by atoms with Crippen molar-refractivity contribution in [3.05, 3.63) is 53.9 Å². The van der Waals surface area contributed by atoms with Crippen LogP contribution in [0.1, 0.15) is 36.7 Å². The van der Waals surface area contributed by atoms with E-state index in [-0.39, 0.29) is 10.5 Å². The Bertz CT molecular complexity index is 855. The van der Waals surface area contributed by atoms with E-state index in [1.165, 1.54) is 18.3 Å². The van der Waals surface area contributed by atoms with Gasteiger partial charge in [0.15, 0.2) is 0 Å². The molecular weight excluding hydrogens is 326 g/mol. The van der Waals surface area contributed by atoms with E-state index in [4.69, 9.17) is 0 Å². The second-order valence-electron chi connectivity index (χ2n) is 6.50. The van der Waals surface area contributed by atoms with Gasteiger partial charge in [-0.05, 0) is 51.5 Å². The highest BCUT2D eigenvalue weighted by Gasteiger charge is 2.24. The fourth-order valence-electron chi connectivity index (χ4n) is 2.07. The molecule has 2 rings (SSSR count). The van der Waals surface area contributed by atoms with Gasteiger partial charge in [-0.25, -0.2) is 8.42 Å². The molecule has 1 aromatic heterocycles. The lowest BCUT2D eigenvalue weighted by Gasteiger charge is -2.21. The molecule has 1 amide bonds. The van der Waals surface area contributed by atoms with Crippen LogP contribution in [0.2, 0.25) is 0 Å². The van der Waals surface area contributed by atoms with Crippen molar-refractivity contribution in [1.29, 1.82) is 0 Å². The third kappa shape index (κ3) is 4.32. The van der Waals surface area contributed by atoms with E-state index < -0.39 is 21.5 Å². The van der Waals surface area contributed by atoms with Gasteiger partial charge in [0.05, 0.1) is 17.4 Å². The summed E-state index contributed by atoms with van der Waals surface area (Å²) in [5.74, 6) is -0.439. The van der Waals surface area contributed by atoms with Crippen LogP contribution in [0.3, 0.4) is 0 Å². The van der Waals surface area contributed by atoms with Crippen molar-refractivity contribution < 1.29 is 13.2 Å². The van der Waals surface area contributed by atoms with Gasteiger partial charge in [-0.2, -0.15) is 0 Å². The fourth-order valence-corrected chi connectivity index (χ4v) is 3.39. The maximum Gasteiger partial charge on any atom is 0.262 e. The molecule has 128 valence electrons. The number of anilines is 1. The third-order valence-electron chi connectivity index (χ3n) is 3.19. The molecule has 6 nitrogen and oxygen atoms in total. The fraction of sp³-hybridized carbons (Fsp3) is 0.294. The molecule has 0 fully saturated rings. The van der Waals surface area contributed by atoms with Crippen molar-refractivity contribution in [3.8, 4) is 0 Å². The predicted molar refractivity (Wildman–Crippen MR) is 93.4 cm³/mol. The van der Waals surface area contributed by atoms with Crippen LogP contribution in [0, 0.1) is 6.92 Å². The number of carbonyl (C=O) groups is 1. The Morgan fingerprint density at radius 1 is 1.12 bits per heavy atom. The zero-order valence-corrected chi connectivity index (χ0v) is 14.9. The summed E-state index contributed by atoms with van der Waals surface area (Å²) in [5, 5.41) is 2.78. The standard InChI is InChI=1S/C17H21N3O3S/c1-12-9-10-18-11-14(12)20-24(22,23)15-8-6-5-7-13(15)16(21)19-17(2,3)4/h5-11,20H,1-4H3,(H,19,21). The van der Waals surface area contributed by atoms with Gasteiger partial charge in [-0.1, -0.05) is 12.1 Å². The van der Waals surface area contributed by atoms with Crippen molar-refractivity contribution in [1.82, 2.24) is 10.3 Å². The minimum Gasteiger partial charge on any atom is -0.347 e. The zero-order valence-electron chi connectivity index (χ0n) is 14.1. The number of rotatable bonds is 4. The number of hydrogen-bond donors (Lipinski definition) is 2. The summed E-state index contributed by atoms with van der Waals surface area (Å²) in [6.45, 7) is 7.27. The topological polar surface area (TPSA) is 88.2 Å². The monoisotopic (exact) mass is 347 g/mol. The van der Waals surface area contributed by atoms with Crippen LogP contribution in [0.25, 0.3) is 0 Å². The Labute approximate surface area is 142 Å². The van der Waals surface area contributed by atoms with Crippen LogP contribution in [0.4, 0.5) is 5.69 Å². The summed E-state index contributed by atoms with van der Waals surface area (Å²) in [4.78, 5) is 16.3. The quantitative estimate of drug-likeness (QED) is 0.890. The van der Waals surface area contributed by atoms with E-state index in [2.05, 4.69) is 15.0 Å². The van der Waals surface area contributed by atoms with Gasteiger partial charge in [-0.3, -0.25) is 14.5 Å². The minimum absolute atomic E-state index is 0.0741. The molecule has 0 radical (unpaired) electrons. The van der Waals surface area contributed by atoms with Gasteiger partial charge in [0.2, 0.25) is 0 Å². The normalized spacial score (nSPS) is 11.8. The highest BCUT2D eigenvalue weighted by Crippen LogP contribution is 2.21. The van der Waals surface area contributed by atoms with Crippen LogP contribution in [-0.2, 0) is 10.0 Å². The van der Waals surface area contributed by atoms with Crippen LogP contribution in [0.5, 0.6) is 0 Å². The smallest absolute Gasteiger partial charge is 0.262 e. The molecule has 1 heterocycles. The minimum atomic E-state index is -3.92. The van der Waals surface area contributed by atoms with E-state index in [9.17, 15) is 13.2 Å². The van der Waals surface area contributed by atoms with Gasteiger partial charge in [0.25, 0.3) is 15.9 Å². The maximum atomic E-state index is 12.7. The Morgan fingerprint density at radius 3 is 2.42 bits per heavy atom. The first-order valence-electron chi connectivity index (χ1n) is 7.45. The van der Waals surface area contributed by atoms with Gasteiger partial charge < -0.3 is 5.32 Å². The predicted octanol–water partition coefficient (Wildman–Crippen LogP) is 2.72. The van der Waals surface area contributed by atoms with Crippen molar-refractivity contribution >= 4 is 21.6 Å². The molecule has 0 spiro atoms. The summed E-state index contributed by atoms with van der Waals surface area (Å²) in [6, 6.07) is 7.82. The Kier molecular flexibility index (Phi) is 4.94. The molecule has 0 bridgehead atoms. The molecule has 2 aromatic rings. The zero-order chi connectivity index (χ0) is 18.0. The van der Waals surface area contributed by atoms with Gasteiger partial charge in [-0.15, -0.1) is 0 Å². The van der Waals surface area contributed by atoms with Gasteiger partial charge in [0, 0.05) is 11.7 Å². The molecule has 0 saturated heterocycles. The first-order valence-corrected chi connectivity index (χ1v) is 8.93. The molecule has 0 atom stereocenters. The van der Waals surface area contributed by atoms with Crippen LogP contribution in [0.15, 0.2) is 47.6 Å². The number of nitrogens with zero attached hydrogens (tertiary/aromatic N) is 1. The van der Waals surface area contributed by atoms with Crippen molar-refractivity contribution in [2.24, 2.45) is 0 Å². The van der Waals surface area contributed by atoms with Gasteiger partial charge in [0.1, 0.15) is 4.90 Å². The number of hydrogen-bond acceptors (Lipinski definition) is 4. The second kappa shape index (κ2) is 6.60. The van der Waals surface area contributed by atoms with E-state index in [0.717, 1.165) is 5.56 Å². The average molecular weight is 347 g/mol. The Balaban J connectivity index is 2.41. The lowest BCUT2D eigenvalue weighted by Crippen LogP contribution is -2.41. The molecule has 1 aromatic carbocycles. The molecule has 2 N–H and O–H groups in total. The molecule has 0 saturated carbocycles. The molecule has 0 aliphatic carbocycles. The highest BCUT2D eigenvalue weighted by molar-refractivity contribution is 7.92. The summed E-state index contributed by atoms with van der Waals surface area (Å²) >= 11 is 0. The van der Waals surface area contributed by atoms with Crippen LogP contribution in [-0.4, -0.2) is 24.8 Å². The van der Waals surface area contributed by atoms with E-state index >= 15 is 0 Å². The average Bonchev–Trinajstić information content (AvgIpc) is 2.48. The number of aryl methyl sites for hydroxylation is 1. The first kappa shape index (κ1) is 17.9. The third-order valence-corrected chi connectivity index (χ3v) is 4.62. The largest absolute Gasteiger partial charge is 0.347 e. The molecule has 24 heavy (non-hydrogen) atoms. The Morgan fingerprint density at radius 2 is 1.79 bits per heavy atom. The first-order chi connectivity index (χ1) is 11.1. The molecule has 7 heteroatoms. The lowest BCUT2D eigenvalue weighted by atomic mass is 10.1.